The summed E-state index contributed by atoms with van der Waals surface area (Å²) in [5.74, 6) is -1.14. The lowest BCUT2D eigenvalue weighted by molar-refractivity contribution is -0.143. The van der Waals surface area contributed by atoms with Gasteiger partial charge in [0.1, 0.15) is 0 Å². The number of carboxylic acids is 1. The smallest absolute Gasteiger partial charge is 0.308 e. The normalized spacial score (nSPS) is 23.6. The first kappa shape index (κ1) is 13.0. The molecule has 0 aromatic heterocycles. The first-order valence-electron chi connectivity index (χ1n) is 5.81. The Morgan fingerprint density at radius 1 is 1.50 bits per heavy atom. The van der Waals surface area contributed by atoms with Crippen LogP contribution in [0, 0.1) is 17.3 Å². The van der Waals surface area contributed by atoms with Gasteiger partial charge < -0.3 is 10.0 Å². The fourth-order valence-electron chi connectivity index (χ4n) is 1.89. The van der Waals surface area contributed by atoms with Crippen LogP contribution in [0.2, 0.25) is 0 Å². The minimum absolute atomic E-state index is 0.0912. The maximum absolute atomic E-state index is 12.0. The molecule has 2 atom stereocenters. The Kier molecular flexibility index (Phi) is 3.61. The number of amides is 1. The zero-order valence-corrected chi connectivity index (χ0v) is 10.5. The summed E-state index contributed by atoms with van der Waals surface area (Å²) in [5.41, 5.74) is 0.108. The van der Waals surface area contributed by atoms with E-state index in [0.29, 0.717) is 13.1 Å². The summed E-state index contributed by atoms with van der Waals surface area (Å²) in [5, 5.41) is 8.83. The molecule has 1 fully saturated rings. The summed E-state index contributed by atoms with van der Waals surface area (Å²) in [4.78, 5) is 24.5. The van der Waals surface area contributed by atoms with Gasteiger partial charge >= 0.3 is 5.97 Å². The van der Waals surface area contributed by atoms with Gasteiger partial charge in [-0.25, -0.2) is 0 Å². The highest BCUT2D eigenvalue weighted by molar-refractivity contribution is 5.83. The SMILES string of the molecule is CCN(CC(C)C(=O)O)C(=O)C1CC1(C)C. The lowest BCUT2D eigenvalue weighted by atomic mass is 10.1. The van der Waals surface area contributed by atoms with Crippen LogP contribution < -0.4 is 0 Å². The highest BCUT2D eigenvalue weighted by atomic mass is 16.4. The highest BCUT2D eigenvalue weighted by Crippen LogP contribution is 2.52. The van der Waals surface area contributed by atoms with Crippen LogP contribution in [0.4, 0.5) is 0 Å². The molecule has 1 amide bonds. The predicted molar refractivity (Wildman–Crippen MR) is 60.9 cm³/mol. The van der Waals surface area contributed by atoms with Gasteiger partial charge in [0.25, 0.3) is 0 Å². The summed E-state index contributed by atoms with van der Waals surface area (Å²) in [6, 6.07) is 0. The van der Waals surface area contributed by atoms with E-state index in [1.54, 1.807) is 11.8 Å². The second-order valence-electron chi connectivity index (χ2n) is 5.36. The van der Waals surface area contributed by atoms with E-state index in [0.717, 1.165) is 6.42 Å². The highest BCUT2D eigenvalue weighted by Gasteiger charge is 2.51. The monoisotopic (exact) mass is 227 g/mol. The summed E-state index contributed by atoms with van der Waals surface area (Å²) in [6.07, 6.45) is 0.920. The third-order valence-corrected chi connectivity index (χ3v) is 3.42. The molecule has 0 radical (unpaired) electrons. The van der Waals surface area contributed by atoms with Crippen molar-refractivity contribution in [3.05, 3.63) is 0 Å². The molecule has 0 aromatic rings. The van der Waals surface area contributed by atoms with Crippen LogP contribution in [0.5, 0.6) is 0 Å². The molecule has 0 saturated heterocycles. The number of hydrogen-bond acceptors (Lipinski definition) is 2. The van der Waals surface area contributed by atoms with Crippen molar-refractivity contribution in [3.63, 3.8) is 0 Å². The van der Waals surface area contributed by atoms with Gasteiger partial charge in [-0.3, -0.25) is 9.59 Å². The molecular formula is C12H21NO3. The second-order valence-corrected chi connectivity index (χ2v) is 5.36. The van der Waals surface area contributed by atoms with E-state index in [1.165, 1.54) is 0 Å². The lowest BCUT2D eigenvalue weighted by Gasteiger charge is -2.23. The third kappa shape index (κ3) is 2.74. The van der Waals surface area contributed by atoms with Crippen molar-refractivity contribution in [1.29, 1.82) is 0 Å². The number of nitrogens with zero attached hydrogens (tertiary/aromatic N) is 1. The Morgan fingerprint density at radius 3 is 2.31 bits per heavy atom. The van der Waals surface area contributed by atoms with Crippen LogP contribution in [0.3, 0.4) is 0 Å². The number of carbonyl (C=O) groups excluding carboxylic acids is 1. The van der Waals surface area contributed by atoms with E-state index in [-0.39, 0.29) is 17.2 Å². The van der Waals surface area contributed by atoms with E-state index >= 15 is 0 Å². The summed E-state index contributed by atoms with van der Waals surface area (Å²) in [7, 11) is 0. The molecule has 0 spiro atoms. The van der Waals surface area contributed by atoms with Gasteiger partial charge in [0.15, 0.2) is 0 Å². The maximum atomic E-state index is 12.0. The molecule has 1 saturated carbocycles. The van der Waals surface area contributed by atoms with Crippen LogP contribution in [0.15, 0.2) is 0 Å². The number of aliphatic carboxylic acids is 1. The Labute approximate surface area is 96.6 Å². The first-order valence-corrected chi connectivity index (χ1v) is 5.81. The zero-order valence-electron chi connectivity index (χ0n) is 10.5. The maximum Gasteiger partial charge on any atom is 0.308 e. The average molecular weight is 227 g/mol. The molecule has 92 valence electrons. The van der Waals surface area contributed by atoms with E-state index in [2.05, 4.69) is 13.8 Å². The van der Waals surface area contributed by atoms with Crippen molar-refractivity contribution < 1.29 is 14.7 Å². The van der Waals surface area contributed by atoms with Crippen molar-refractivity contribution >= 4 is 11.9 Å². The van der Waals surface area contributed by atoms with E-state index in [1.807, 2.05) is 6.92 Å². The molecule has 0 heterocycles. The minimum Gasteiger partial charge on any atom is -0.481 e. The largest absolute Gasteiger partial charge is 0.481 e. The van der Waals surface area contributed by atoms with Crippen LogP contribution in [0.1, 0.15) is 34.1 Å². The minimum atomic E-state index is -0.846. The molecule has 1 aliphatic carbocycles. The average Bonchev–Trinajstić information content (AvgIpc) is 2.82. The third-order valence-electron chi connectivity index (χ3n) is 3.42. The summed E-state index contributed by atoms with van der Waals surface area (Å²) >= 11 is 0. The molecule has 1 aliphatic rings. The number of hydrogen-bond donors (Lipinski definition) is 1. The summed E-state index contributed by atoms with van der Waals surface area (Å²) < 4.78 is 0. The van der Waals surface area contributed by atoms with E-state index in [4.69, 9.17) is 5.11 Å². The number of carbonyl (C=O) groups is 2. The van der Waals surface area contributed by atoms with Crippen molar-refractivity contribution in [1.82, 2.24) is 4.90 Å². The van der Waals surface area contributed by atoms with Gasteiger partial charge in [0.2, 0.25) is 5.91 Å². The summed E-state index contributed by atoms with van der Waals surface area (Å²) in [6.45, 7) is 8.58. The predicted octanol–water partition coefficient (Wildman–Crippen LogP) is 1.60. The van der Waals surface area contributed by atoms with Crippen LogP contribution in [-0.2, 0) is 9.59 Å². The second kappa shape index (κ2) is 4.44. The molecule has 0 aliphatic heterocycles. The topological polar surface area (TPSA) is 57.6 Å². The molecule has 0 bridgehead atoms. The van der Waals surface area contributed by atoms with E-state index in [9.17, 15) is 9.59 Å². The Balaban J connectivity index is 2.55. The van der Waals surface area contributed by atoms with Gasteiger partial charge in [0.05, 0.1) is 5.92 Å². The van der Waals surface area contributed by atoms with Gasteiger partial charge in [0, 0.05) is 19.0 Å². The number of rotatable bonds is 5. The lowest BCUT2D eigenvalue weighted by Crippen LogP contribution is -2.38. The van der Waals surface area contributed by atoms with Crippen molar-refractivity contribution in [3.8, 4) is 0 Å². The molecule has 4 nitrogen and oxygen atoms in total. The van der Waals surface area contributed by atoms with Gasteiger partial charge in [-0.1, -0.05) is 20.8 Å². The Hall–Kier alpha value is -1.06. The molecule has 1 rings (SSSR count). The molecule has 2 unspecified atom stereocenters. The molecule has 16 heavy (non-hydrogen) atoms. The van der Waals surface area contributed by atoms with Crippen molar-refractivity contribution in [2.75, 3.05) is 13.1 Å². The van der Waals surface area contributed by atoms with Crippen molar-refractivity contribution in [2.45, 2.75) is 34.1 Å². The van der Waals surface area contributed by atoms with Crippen LogP contribution in [0.25, 0.3) is 0 Å². The number of carboxylic acid groups (broad SMARTS) is 1. The van der Waals surface area contributed by atoms with Crippen LogP contribution >= 0.6 is 0 Å². The molecular weight excluding hydrogens is 206 g/mol. The Bertz CT molecular complexity index is 299. The van der Waals surface area contributed by atoms with Crippen molar-refractivity contribution in [2.24, 2.45) is 17.3 Å². The van der Waals surface area contributed by atoms with Gasteiger partial charge in [-0.2, -0.15) is 0 Å². The Morgan fingerprint density at radius 2 is 2.00 bits per heavy atom. The molecule has 1 N–H and O–H groups in total. The molecule has 0 aromatic carbocycles. The fourth-order valence-corrected chi connectivity index (χ4v) is 1.89. The first-order chi connectivity index (χ1) is 7.29. The standard InChI is InChI=1S/C12H21NO3/c1-5-13(7-8(2)11(15)16)10(14)9-6-12(9,3)4/h8-9H,5-7H2,1-4H3,(H,15,16). The van der Waals surface area contributed by atoms with Crippen LogP contribution in [-0.4, -0.2) is 35.0 Å². The molecule has 4 heteroatoms. The van der Waals surface area contributed by atoms with Gasteiger partial charge in [-0.05, 0) is 18.8 Å². The van der Waals surface area contributed by atoms with Gasteiger partial charge in [-0.15, -0.1) is 0 Å². The zero-order chi connectivity index (χ0) is 12.5. The quantitative estimate of drug-likeness (QED) is 0.776. The van der Waals surface area contributed by atoms with E-state index < -0.39 is 11.9 Å². The fraction of sp³-hybridized carbons (Fsp3) is 0.833.